The van der Waals surface area contributed by atoms with Gasteiger partial charge in [-0.25, -0.2) is 0 Å². The van der Waals surface area contributed by atoms with Crippen molar-refractivity contribution in [1.29, 1.82) is 0 Å². The highest BCUT2D eigenvalue weighted by molar-refractivity contribution is 8.03. The van der Waals surface area contributed by atoms with Crippen LogP contribution in [0.4, 0.5) is 5.69 Å². The van der Waals surface area contributed by atoms with E-state index in [0.29, 0.717) is 0 Å². The summed E-state index contributed by atoms with van der Waals surface area (Å²) < 4.78 is 32.6. The molecule has 1 aromatic carbocycles. The Morgan fingerprint density at radius 2 is 1.81 bits per heavy atom. The van der Waals surface area contributed by atoms with Crippen molar-refractivity contribution in [2.75, 3.05) is 33.1 Å². The summed E-state index contributed by atoms with van der Waals surface area (Å²) in [6.07, 6.45) is 2.99. The molecule has 32 heavy (non-hydrogen) atoms. The lowest BCUT2D eigenvalue weighted by Gasteiger charge is -2.37. The number of benzene rings is 1. The number of para-hydroxylation sites is 1. The molecule has 0 bridgehead atoms. The number of hydrogen-bond acceptors (Lipinski definition) is 7. The van der Waals surface area contributed by atoms with E-state index >= 15 is 0 Å². The molecule has 0 aliphatic carbocycles. The molecule has 0 radical (unpaired) electrons. The highest BCUT2D eigenvalue weighted by atomic mass is 32.2. The standard InChI is InChI=1S/C21H29N5O4S2/c1-13(2)17(16-11-8-12-31-16)26(6)20-19(22-32(29,30)23-20)25(5)15-10-7-9-14(18(15)27)21(28)24(3)4/h7-10,12-13,16-17,27H,11H2,1-6H3/t16?,17-/m1/s1. The third-order valence-corrected chi connectivity index (χ3v) is 7.48. The first kappa shape index (κ1) is 24.1. The van der Waals surface area contributed by atoms with E-state index in [1.165, 1.54) is 15.9 Å². The number of phenols is 1. The highest BCUT2D eigenvalue weighted by Crippen LogP contribution is 2.35. The molecule has 2 aliphatic rings. The van der Waals surface area contributed by atoms with Crippen molar-refractivity contribution in [2.45, 2.75) is 31.6 Å². The van der Waals surface area contributed by atoms with E-state index in [-0.39, 0.29) is 51.8 Å². The van der Waals surface area contributed by atoms with Crippen LogP contribution in [-0.2, 0) is 10.2 Å². The van der Waals surface area contributed by atoms with Gasteiger partial charge in [0.2, 0.25) is 0 Å². The molecule has 1 unspecified atom stereocenters. The number of amides is 1. The van der Waals surface area contributed by atoms with Crippen molar-refractivity contribution in [3.8, 4) is 5.75 Å². The third-order valence-electron chi connectivity index (χ3n) is 5.50. The number of anilines is 1. The molecule has 0 aromatic heterocycles. The summed E-state index contributed by atoms with van der Waals surface area (Å²) in [7, 11) is 2.53. The van der Waals surface area contributed by atoms with E-state index in [0.717, 1.165) is 6.42 Å². The maximum atomic E-state index is 12.4. The zero-order valence-electron chi connectivity index (χ0n) is 19.1. The molecule has 1 aromatic rings. The Hall–Kier alpha value is -2.53. The minimum absolute atomic E-state index is 0.0101. The second-order valence-electron chi connectivity index (χ2n) is 8.34. The summed E-state index contributed by atoms with van der Waals surface area (Å²) in [6, 6.07) is 4.76. The number of likely N-dealkylation sites (N-methyl/N-ethyl adjacent to an activating group) is 2. The molecule has 3 rings (SSSR count). The topological polar surface area (TPSA) is 106 Å². The molecule has 2 aliphatic heterocycles. The Bertz CT molecular complexity index is 1090. The molecule has 174 valence electrons. The van der Waals surface area contributed by atoms with Gasteiger partial charge in [0.25, 0.3) is 5.91 Å². The first-order valence-electron chi connectivity index (χ1n) is 10.2. The quantitative estimate of drug-likeness (QED) is 0.692. The molecule has 9 nitrogen and oxygen atoms in total. The van der Waals surface area contributed by atoms with Gasteiger partial charge in [-0.3, -0.25) is 4.79 Å². The number of aromatic hydroxyl groups is 1. The second-order valence-corrected chi connectivity index (χ2v) is 10.7. The van der Waals surface area contributed by atoms with Crippen molar-refractivity contribution >= 4 is 45.2 Å². The van der Waals surface area contributed by atoms with Crippen LogP contribution in [-0.4, -0.2) is 80.4 Å². The SMILES string of the molecule is CC(C)[C@H](C1CC=CS1)N(C)C1=NS(=O)(=O)N=C1N(C)c1cccc(C(=O)N(C)C)c1O. The number of rotatable bonds is 5. The molecular weight excluding hydrogens is 450 g/mol. The van der Waals surface area contributed by atoms with Gasteiger partial charge in [-0.15, -0.1) is 20.6 Å². The summed E-state index contributed by atoms with van der Waals surface area (Å²) >= 11 is 1.72. The molecule has 2 atom stereocenters. The van der Waals surface area contributed by atoms with Crippen LogP contribution in [0.5, 0.6) is 5.75 Å². The number of hydrogen-bond donors (Lipinski definition) is 1. The third kappa shape index (κ3) is 4.63. The van der Waals surface area contributed by atoms with Gasteiger partial charge < -0.3 is 19.8 Å². The van der Waals surface area contributed by atoms with E-state index in [9.17, 15) is 18.3 Å². The Labute approximate surface area is 193 Å². The predicted octanol–water partition coefficient (Wildman–Crippen LogP) is 2.56. The summed E-state index contributed by atoms with van der Waals surface area (Å²) in [6.45, 7) is 4.18. The minimum atomic E-state index is -4.06. The number of carbonyl (C=O) groups excluding carboxylic acids is 1. The van der Waals surface area contributed by atoms with Crippen LogP contribution >= 0.6 is 11.8 Å². The lowest BCUT2D eigenvalue weighted by Crippen LogP contribution is -2.50. The second kappa shape index (κ2) is 9.14. The number of phenolic OH excluding ortho intramolecular Hbond substituents is 1. The molecule has 0 spiro atoms. The van der Waals surface area contributed by atoms with Gasteiger partial charge in [0.05, 0.1) is 11.3 Å². The van der Waals surface area contributed by atoms with Crippen LogP contribution in [0, 0.1) is 5.92 Å². The molecule has 1 amide bonds. The Morgan fingerprint density at radius 3 is 2.38 bits per heavy atom. The van der Waals surface area contributed by atoms with E-state index < -0.39 is 10.2 Å². The van der Waals surface area contributed by atoms with E-state index in [4.69, 9.17) is 0 Å². The normalized spacial score (nSPS) is 20.2. The van der Waals surface area contributed by atoms with Crippen molar-refractivity contribution in [3.05, 3.63) is 35.2 Å². The first-order chi connectivity index (χ1) is 14.9. The summed E-state index contributed by atoms with van der Waals surface area (Å²) in [5.74, 6) is -0.0836. The summed E-state index contributed by atoms with van der Waals surface area (Å²) in [5, 5.41) is 13.1. The molecule has 2 heterocycles. The molecular formula is C21H29N5O4S2. The number of allylic oxidation sites excluding steroid dienone is 1. The lowest BCUT2D eigenvalue weighted by molar-refractivity contribution is 0.0824. The van der Waals surface area contributed by atoms with Crippen LogP contribution in [0.15, 0.2) is 38.5 Å². The van der Waals surface area contributed by atoms with Gasteiger partial charge >= 0.3 is 10.2 Å². The number of thioether (sulfide) groups is 1. The fraction of sp³-hybridized carbons (Fsp3) is 0.476. The van der Waals surface area contributed by atoms with Crippen molar-refractivity contribution in [3.63, 3.8) is 0 Å². The Balaban J connectivity index is 2.01. The maximum Gasteiger partial charge on any atom is 0.367 e. The van der Waals surface area contributed by atoms with Crippen molar-refractivity contribution in [2.24, 2.45) is 14.7 Å². The zero-order valence-corrected chi connectivity index (χ0v) is 20.7. The fourth-order valence-electron chi connectivity index (χ4n) is 3.97. The smallest absolute Gasteiger partial charge is 0.367 e. The highest BCUT2D eigenvalue weighted by Gasteiger charge is 2.38. The Morgan fingerprint density at radius 1 is 1.16 bits per heavy atom. The van der Waals surface area contributed by atoms with Gasteiger partial charge in [-0.1, -0.05) is 26.0 Å². The molecule has 11 heteroatoms. The van der Waals surface area contributed by atoms with Gasteiger partial charge in [-0.05, 0) is 29.9 Å². The van der Waals surface area contributed by atoms with Crippen LogP contribution < -0.4 is 4.90 Å². The molecule has 0 saturated carbocycles. The van der Waals surface area contributed by atoms with Crippen molar-refractivity contribution < 1.29 is 18.3 Å². The van der Waals surface area contributed by atoms with Crippen LogP contribution in [0.3, 0.4) is 0 Å². The van der Waals surface area contributed by atoms with Gasteiger partial charge in [0.15, 0.2) is 17.4 Å². The number of amidine groups is 2. The van der Waals surface area contributed by atoms with Crippen LogP contribution in [0.25, 0.3) is 0 Å². The van der Waals surface area contributed by atoms with E-state index in [2.05, 4.69) is 34.1 Å². The Kier molecular flexibility index (Phi) is 6.89. The van der Waals surface area contributed by atoms with Crippen molar-refractivity contribution in [1.82, 2.24) is 9.80 Å². The van der Waals surface area contributed by atoms with Crippen LogP contribution in [0.1, 0.15) is 30.6 Å². The predicted molar refractivity (Wildman–Crippen MR) is 130 cm³/mol. The molecule has 0 saturated heterocycles. The number of carbonyl (C=O) groups is 1. The average molecular weight is 480 g/mol. The van der Waals surface area contributed by atoms with Gasteiger partial charge in [0.1, 0.15) is 0 Å². The van der Waals surface area contributed by atoms with E-state index in [1.54, 1.807) is 45.0 Å². The first-order valence-corrected chi connectivity index (χ1v) is 12.5. The number of nitrogens with zero attached hydrogens (tertiary/aromatic N) is 5. The molecule has 1 N–H and O–H groups in total. The maximum absolute atomic E-state index is 12.4. The minimum Gasteiger partial charge on any atom is -0.505 e. The largest absolute Gasteiger partial charge is 0.505 e. The fourth-order valence-corrected chi connectivity index (χ4v) is 6.17. The average Bonchev–Trinajstić information content (AvgIpc) is 3.34. The van der Waals surface area contributed by atoms with E-state index in [1.807, 2.05) is 11.9 Å². The lowest BCUT2D eigenvalue weighted by atomic mass is 9.97. The van der Waals surface area contributed by atoms with Crippen LogP contribution in [0.2, 0.25) is 0 Å². The van der Waals surface area contributed by atoms with Gasteiger partial charge in [0, 0.05) is 39.5 Å². The summed E-state index contributed by atoms with van der Waals surface area (Å²) in [5.41, 5.74) is 0.369. The summed E-state index contributed by atoms with van der Waals surface area (Å²) in [4.78, 5) is 17.1. The molecule has 0 fully saturated rings. The zero-order chi connectivity index (χ0) is 23.8. The monoisotopic (exact) mass is 479 g/mol. The van der Waals surface area contributed by atoms with Gasteiger partial charge in [-0.2, -0.15) is 8.42 Å².